The quantitative estimate of drug-likeness (QED) is 0.835. The zero-order valence-corrected chi connectivity index (χ0v) is 13.2. The van der Waals surface area contributed by atoms with Gasteiger partial charge in [-0.25, -0.2) is 9.37 Å². The van der Waals surface area contributed by atoms with Crippen LogP contribution in [-0.2, 0) is 20.7 Å². The van der Waals surface area contributed by atoms with Gasteiger partial charge in [0.2, 0.25) is 0 Å². The molecule has 1 aromatic carbocycles. The normalized spacial score (nSPS) is 10.2. The second kappa shape index (κ2) is 7.89. The molecule has 1 amide bonds. The van der Waals surface area contributed by atoms with E-state index in [-0.39, 0.29) is 17.3 Å². The third-order valence-electron chi connectivity index (χ3n) is 2.69. The molecule has 120 valence electrons. The Morgan fingerprint density at radius 1 is 1.22 bits per heavy atom. The molecule has 2 rings (SSSR count). The van der Waals surface area contributed by atoms with Gasteiger partial charge in [0.25, 0.3) is 5.91 Å². The Balaban J connectivity index is 1.81. The molecule has 0 unspecified atom stereocenters. The second-order valence-corrected chi connectivity index (χ2v) is 5.34. The monoisotopic (exact) mass is 356 g/mol. The van der Waals surface area contributed by atoms with Crippen LogP contribution < -0.4 is 5.32 Å². The van der Waals surface area contributed by atoms with Gasteiger partial charge in [-0.15, -0.1) is 0 Å². The molecule has 1 aromatic heterocycles. The first-order valence-corrected chi connectivity index (χ1v) is 7.20. The molecule has 0 aliphatic heterocycles. The highest BCUT2D eigenvalue weighted by molar-refractivity contribution is 6.36. The number of benzene rings is 1. The fourth-order valence-corrected chi connectivity index (χ4v) is 2.07. The zero-order chi connectivity index (χ0) is 16.8. The van der Waals surface area contributed by atoms with Crippen molar-refractivity contribution in [1.82, 2.24) is 4.98 Å². The van der Waals surface area contributed by atoms with Crippen LogP contribution in [0, 0.1) is 5.82 Å². The van der Waals surface area contributed by atoms with E-state index >= 15 is 0 Å². The van der Waals surface area contributed by atoms with Crippen molar-refractivity contribution >= 4 is 40.9 Å². The van der Waals surface area contributed by atoms with Gasteiger partial charge in [0.1, 0.15) is 5.82 Å². The molecule has 0 saturated heterocycles. The number of nitrogens with zero attached hydrogens (tertiary/aromatic N) is 1. The Bertz CT molecular complexity index is 723. The number of carbonyl (C=O) groups excluding carboxylic acids is 2. The smallest absolute Gasteiger partial charge is 0.310 e. The highest BCUT2D eigenvalue weighted by atomic mass is 35.5. The summed E-state index contributed by atoms with van der Waals surface area (Å²) in [4.78, 5) is 27.1. The van der Waals surface area contributed by atoms with E-state index in [9.17, 15) is 14.0 Å². The molecule has 0 bridgehead atoms. The predicted octanol–water partition coefficient (Wildman–Crippen LogP) is 3.25. The van der Waals surface area contributed by atoms with Crippen LogP contribution in [-0.4, -0.2) is 23.5 Å². The van der Waals surface area contributed by atoms with Crippen LogP contribution >= 0.6 is 23.2 Å². The van der Waals surface area contributed by atoms with Crippen molar-refractivity contribution in [3.63, 3.8) is 0 Å². The molecule has 0 fully saturated rings. The maximum Gasteiger partial charge on any atom is 0.310 e. The van der Waals surface area contributed by atoms with E-state index in [4.69, 9.17) is 27.9 Å². The van der Waals surface area contributed by atoms with Crippen LogP contribution in [0.2, 0.25) is 10.0 Å². The van der Waals surface area contributed by atoms with Crippen molar-refractivity contribution in [2.24, 2.45) is 0 Å². The van der Waals surface area contributed by atoms with Gasteiger partial charge in [-0.3, -0.25) is 9.59 Å². The van der Waals surface area contributed by atoms with Crippen molar-refractivity contribution in [1.29, 1.82) is 0 Å². The molecular weight excluding hydrogens is 346 g/mol. The molecule has 0 atom stereocenters. The van der Waals surface area contributed by atoms with Crippen LogP contribution in [0.1, 0.15) is 5.56 Å². The lowest BCUT2D eigenvalue weighted by Gasteiger charge is -2.07. The summed E-state index contributed by atoms with van der Waals surface area (Å²) in [5.41, 5.74) is 0.583. The summed E-state index contributed by atoms with van der Waals surface area (Å²) in [6.45, 7) is -0.485. The summed E-state index contributed by atoms with van der Waals surface area (Å²) in [5.74, 6) is -1.47. The summed E-state index contributed by atoms with van der Waals surface area (Å²) in [6, 6.07) is 6.83. The molecule has 1 N–H and O–H groups in total. The van der Waals surface area contributed by atoms with E-state index in [1.807, 2.05) is 0 Å². The molecule has 8 heteroatoms. The molecule has 23 heavy (non-hydrogen) atoms. The highest BCUT2D eigenvalue weighted by Gasteiger charge is 2.11. The van der Waals surface area contributed by atoms with Gasteiger partial charge in [-0.05, 0) is 23.8 Å². The topological polar surface area (TPSA) is 68.3 Å². The second-order valence-electron chi connectivity index (χ2n) is 4.50. The van der Waals surface area contributed by atoms with Gasteiger partial charge in [-0.2, -0.15) is 0 Å². The van der Waals surface area contributed by atoms with Crippen molar-refractivity contribution in [3.05, 3.63) is 58.0 Å². The number of hydrogen-bond acceptors (Lipinski definition) is 4. The number of amides is 1. The Labute approximate surface area is 141 Å². The lowest BCUT2D eigenvalue weighted by molar-refractivity contribution is -0.146. The zero-order valence-electron chi connectivity index (χ0n) is 11.7. The Kier molecular flexibility index (Phi) is 5.90. The van der Waals surface area contributed by atoms with Crippen molar-refractivity contribution < 1.29 is 18.7 Å². The van der Waals surface area contributed by atoms with Gasteiger partial charge in [0.05, 0.1) is 16.5 Å². The minimum Gasteiger partial charge on any atom is -0.455 e. The fraction of sp³-hybridized carbons (Fsp3) is 0.133. The third kappa shape index (κ3) is 5.50. The number of esters is 1. The molecular formula is C15H11Cl2FN2O3. The number of rotatable bonds is 5. The average Bonchev–Trinajstić information content (AvgIpc) is 2.50. The predicted molar refractivity (Wildman–Crippen MR) is 83.9 cm³/mol. The average molecular weight is 357 g/mol. The number of carbonyl (C=O) groups is 2. The number of aromatic nitrogens is 1. The number of nitrogens with one attached hydrogen (secondary N) is 1. The van der Waals surface area contributed by atoms with Crippen LogP contribution in [0.25, 0.3) is 0 Å². The van der Waals surface area contributed by atoms with Gasteiger partial charge >= 0.3 is 5.97 Å². The summed E-state index contributed by atoms with van der Waals surface area (Å²) >= 11 is 11.5. The van der Waals surface area contributed by atoms with E-state index in [1.54, 1.807) is 0 Å². The van der Waals surface area contributed by atoms with Crippen LogP contribution in [0.4, 0.5) is 10.2 Å². The minimum atomic E-state index is -0.609. The standard InChI is InChI=1S/C15H11Cl2FN2O3/c16-10-6-12(17)15(19-7-10)20-13(21)8-23-14(22)5-9-1-3-11(18)4-2-9/h1-4,6-7H,5,8H2,(H,19,20,21). The van der Waals surface area contributed by atoms with Crippen molar-refractivity contribution in [2.45, 2.75) is 6.42 Å². The maximum absolute atomic E-state index is 12.7. The summed E-state index contributed by atoms with van der Waals surface area (Å²) < 4.78 is 17.6. The molecule has 2 aromatic rings. The van der Waals surface area contributed by atoms with E-state index < -0.39 is 24.3 Å². The Morgan fingerprint density at radius 3 is 2.57 bits per heavy atom. The number of anilines is 1. The van der Waals surface area contributed by atoms with E-state index in [0.717, 1.165) is 0 Å². The van der Waals surface area contributed by atoms with E-state index in [1.165, 1.54) is 36.5 Å². The fourth-order valence-electron chi connectivity index (χ4n) is 1.64. The van der Waals surface area contributed by atoms with E-state index in [0.29, 0.717) is 10.6 Å². The van der Waals surface area contributed by atoms with Gasteiger partial charge in [0.15, 0.2) is 12.4 Å². The van der Waals surface area contributed by atoms with Gasteiger partial charge in [-0.1, -0.05) is 35.3 Å². The van der Waals surface area contributed by atoms with Crippen LogP contribution in [0.15, 0.2) is 36.5 Å². The third-order valence-corrected chi connectivity index (χ3v) is 3.19. The number of ether oxygens (including phenoxy) is 1. The maximum atomic E-state index is 12.7. The van der Waals surface area contributed by atoms with Crippen LogP contribution in [0.3, 0.4) is 0 Å². The number of pyridine rings is 1. The number of halogens is 3. The summed E-state index contributed by atoms with van der Waals surface area (Å²) in [7, 11) is 0. The molecule has 0 aliphatic rings. The lowest BCUT2D eigenvalue weighted by atomic mass is 10.1. The van der Waals surface area contributed by atoms with Gasteiger partial charge < -0.3 is 10.1 Å². The van der Waals surface area contributed by atoms with E-state index in [2.05, 4.69) is 10.3 Å². The molecule has 0 radical (unpaired) electrons. The highest BCUT2D eigenvalue weighted by Crippen LogP contribution is 2.22. The minimum absolute atomic E-state index is 0.0620. The number of hydrogen-bond donors (Lipinski definition) is 1. The largest absolute Gasteiger partial charge is 0.455 e. The van der Waals surface area contributed by atoms with Crippen molar-refractivity contribution in [3.8, 4) is 0 Å². The van der Waals surface area contributed by atoms with Gasteiger partial charge in [0, 0.05) is 6.20 Å². The van der Waals surface area contributed by atoms with Crippen molar-refractivity contribution in [2.75, 3.05) is 11.9 Å². The van der Waals surface area contributed by atoms with Crippen LogP contribution in [0.5, 0.6) is 0 Å². The Hall–Kier alpha value is -2.18. The molecule has 0 saturated carbocycles. The first kappa shape index (κ1) is 17.2. The molecule has 1 heterocycles. The molecule has 0 spiro atoms. The molecule has 5 nitrogen and oxygen atoms in total. The molecule has 0 aliphatic carbocycles. The summed E-state index contributed by atoms with van der Waals surface area (Å²) in [6.07, 6.45) is 1.26. The SMILES string of the molecule is O=C(COC(=O)Cc1ccc(F)cc1)Nc1ncc(Cl)cc1Cl. The first-order valence-electron chi connectivity index (χ1n) is 6.45. The lowest BCUT2D eigenvalue weighted by Crippen LogP contribution is -2.22. The first-order chi connectivity index (χ1) is 10.9. The Morgan fingerprint density at radius 2 is 1.91 bits per heavy atom. The summed E-state index contributed by atoms with van der Waals surface area (Å²) in [5, 5.41) is 2.90.